The van der Waals surface area contributed by atoms with Gasteiger partial charge in [-0.3, -0.25) is 4.79 Å². The molecule has 1 aliphatic rings. The van der Waals surface area contributed by atoms with E-state index in [2.05, 4.69) is 5.32 Å². The lowest BCUT2D eigenvalue weighted by Gasteiger charge is -2.15. The zero-order valence-electron chi connectivity index (χ0n) is 12.0. The molecule has 1 aromatic carbocycles. The topological polar surface area (TPSA) is 63.2 Å². The molecule has 22 heavy (non-hydrogen) atoms. The number of hydrogen-bond donors (Lipinski definition) is 1. The van der Waals surface area contributed by atoms with Crippen LogP contribution in [-0.2, 0) is 20.4 Å². The van der Waals surface area contributed by atoms with Gasteiger partial charge in [0.15, 0.2) is 9.84 Å². The molecule has 1 amide bonds. The maximum atomic E-state index is 12.1. The molecule has 1 aliphatic heterocycles. The van der Waals surface area contributed by atoms with Crippen molar-refractivity contribution in [1.82, 2.24) is 5.32 Å². The number of amides is 1. The van der Waals surface area contributed by atoms with Crippen LogP contribution < -0.4 is 5.32 Å². The van der Waals surface area contributed by atoms with Crippen LogP contribution in [0.5, 0.6) is 0 Å². The van der Waals surface area contributed by atoms with Gasteiger partial charge in [0.2, 0.25) is 5.91 Å². The highest BCUT2D eigenvalue weighted by molar-refractivity contribution is 7.99. The van der Waals surface area contributed by atoms with E-state index in [0.717, 1.165) is 5.56 Å². The van der Waals surface area contributed by atoms with Crippen molar-refractivity contribution in [2.24, 2.45) is 0 Å². The van der Waals surface area contributed by atoms with Crippen molar-refractivity contribution in [3.05, 3.63) is 33.8 Å². The molecule has 0 saturated carbocycles. The molecule has 8 heteroatoms. The van der Waals surface area contributed by atoms with E-state index in [4.69, 9.17) is 23.2 Å². The lowest BCUT2D eigenvalue weighted by atomic mass is 10.2. The van der Waals surface area contributed by atoms with Crippen LogP contribution in [0, 0.1) is 0 Å². The minimum absolute atomic E-state index is 0.0446. The number of nitrogens with one attached hydrogen (secondary N) is 1. The molecule has 122 valence electrons. The van der Waals surface area contributed by atoms with E-state index < -0.39 is 9.84 Å². The molecule has 0 unspecified atom stereocenters. The van der Waals surface area contributed by atoms with Gasteiger partial charge in [0, 0.05) is 11.8 Å². The number of thioether (sulfide) groups is 1. The van der Waals surface area contributed by atoms with Crippen molar-refractivity contribution in [2.75, 3.05) is 11.5 Å². The molecule has 4 nitrogen and oxygen atoms in total. The van der Waals surface area contributed by atoms with E-state index in [1.54, 1.807) is 19.1 Å². The smallest absolute Gasteiger partial charge is 0.233 e. The van der Waals surface area contributed by atoms with E-state index in [-0.39, 0.29) is 28.7 Å². The standard InChI is InChI=1S/C14H17Cl2NO3S2/c1-9(14(18)17-11-4-5-22(19,20)8-11)21-7-10-2-3-12(15)13(16)6-10/h2-3,6,9,11H,4-5,7-8H2,1H3,(H,17,18)/t9-,11+/m1/s1. The third-order valence-electron chi connectivity index (χ3n) is 3.43. The molecular formula is C14H17Cl2NO3S2. The number of sulfone groups is 1. The first-order valence-corrected chi connectivity index (χ1v) is 10.5. The van der Waals surface area contributed by atoms with Crippen molar-refractivity contribution in [3.63, 3.8) is 0 Å². The molecule has 1 saturated heterocycles. The van der Waals surface area contributed by atoms with Crippen LogP contribution in [0.2, 0.25) is 10.0 Å². The lowest BCUT2D eigenvalue weighted by Crippen LogP contribution is -2.40. The minimum Gasteiger partial charge on any atom is -0.351 e. The fraction of sp³-hybridized carbons (Fsp3) is 0.500. The van der Waals surface area contributed by atoms with E-state index in [1.807, 2.05) is 6.07 Å². The van der Waals surface area contributed by atoms with E-state index >= 15 is 0 Å². The number of carbonyl (C=O) groups is 1. The van der Waals surface area contributed by atoms with Gasteiger partial charge in [0.1, 0.15) is 0 Å². The first-order chi connectivity index (χ1) is 10.3. The second-order valence-corrected chi connectivity index (χ2v) is 9.68. The Morgan fingerprint density at radius 1 is 1.41 bits per heavy atom. The monoisotopic (exact) mass is 381 g/mol. The normalized spacial score (nSPS) is 21.5. The Morgan fingerprint density at radius 2 is 2.14 bits per heavy atom. The van der Waals surface area contributed by atoms with Crippen LogP contribution in [0.4, 0.5) is 0 Å². The van der Waals surface area contributed by atoms with Crippen LogP contribution in [-0.4, -0.2) is 37.1 Å². The number of rotatable bonds is 5. The van der Waals surface area contributed by atoms with Crippen LogP contribution in [0.1, 0.15) is 18.9 Å². The third kappa shape index (κ3) is 5.05. The highest BCUT2D eigenvalue weighted by Gasteiger charge is 2.29. The Bertz CT molecular complexity index is 664. The van der Waals surface area contributed by atoms with Gasteiger partial charge in [-0.1, -0.05) is 29.3 Å². The Morgan fingerprint density at radius 3 is 2.73 bits per heavy atom. The summed E-state index contributed by atoms with van der Waals surface area (Å²) in [5.74, 6) is 0.701. The SMILES string of the molecule is C[C@@H](SCc1ccc(Cl)c(Cl)c1)C(=O)N[C@H]1CCS(=O)(=O)C1. The predicted octanol–water partition coefficient (Wildman–Crippen LogP) is 2.92. The van der Waals surface area contributed by atoms with Crippen molar-refractivity contribution < 1.29 is 13.2 Å². The van der Waals surface area contributed by atoms with Crippen molar-refractivity contribution in [1.29, 1.82) is 0 Å². The summed E-state index contributed by atoms with van der Waals surface area (Å²) in [6.07, 6.45) is 0.498. The molecule has 1 fully saturated rings. The van der Waals surface area contributed by atoms with Gasteiger partial charge in [-0.05, 0) is 31.0 Å². The van der Waals surface area contributed by atoms with Crippen LogP contribution in [0.25, 0.3) is 0 Å². The van der Waals surface area contributed by atoms with Crippen molar-refractivity contribution >= 4 is 50.7 Å². The summed E-state index contributed by atoms with van der Waals surface area (Å²) in [7, 11) is -2.98. The second-order valence-electron chi connectivity index (χ2n) is 5.31. The fourth-order valence-corrected chi connectivity index (χ4v) is 4.99. The number of hydrogen-bond acceptors (Lipinski definition) is 4. The molecule has 1 heterocycles. The Balaban J connectivity index is 1.82. The summed E-state index contributed by atoms with van der Waals surface area (Å²) in [6.45, 7) is 1.81. The first kappa shape index (κ1) is 17.9. The minimum atomic E-state index is -2.98. The van der Waals surface area contributed by atoms with Crippen LogP contribution >= 0.6 is 35.0 Å². The molecule has 0 spiro atoms. The van der Waals surface area contributed by atoms with Gasteiger partial charge in [-0.25, -0.2) is 8.42 Å². The zero-order chi connectivity index (χ0) is 16.3. The summed E-state index contributed by atoms with van der Waals surface area (Å²) in [4.78, 5) is 12.1. The quantitative estimate of drug-likeness (QED) is 0.851. The molecular weight excluding hydrogens is 365 g/mol. The number of halogens is 2. The van der Waals surface area contributed by atoms with Crippen LogP contribution in [0.15, 0.2) is 18.2 Å². The Hall–Kier alpha value is -0.430. The molecule has 0 radical (unpaired) electrons. The summed E-state index contributed by atoms with van der Waals surface area (Å²) in [5.41, 5.74) is 0.988. The highest BCUT2D eigenvalue weighted by Crippen LogP contribution is 2.26. The summed E-state index contributed by atoms with van der Waals surface area (Å²) in [5, 5.41) is 3.54. The van der Waals surface area contributed by atoms with Crippen LogP contribution in [0.3, 0.4) is 0 Å². The maximum absolute atomic E-state index is 12.1. The van der Waals surface area contributed by atoms with Gasteiger partial charge in [0.05, 0.1) is 26.8 Å². The molecule has 0 aromatic heterocycles. The van der Waals surface area contributed by atoms with Gasteiger partial charge < -0.3 is 5.32 Å². The van der Waals surface area contributed by atoms with E-state index in [1.165, 1.54) is 11.8 Å². The van der Waals surface area contributed by atoms with E-state index in [9.17, 15) is 13.2 Å². The number of benzene rings is 1. The largest absolute Gasteiger partial charge is 0.351 e. The van der Waals surface area contributed by atoms with E-state index in [0.29, 0.717) is 22.2 Å². The third-order valence-corrected chi connectivity index (χ3v) is 7.15. The van der Waals surface area contributed by atoms with Crippen molar-refractivity contribution in [2.45, 2.75) is 30.4 Å². The first-order valence-electron chi connectivity index (χ1n) is 6.83. The predicted molar refractivity (Wildman–Crippen MR) is 92.4 cm³/mol. The molecule has 1 aromatic rings. The van der Waals surface area contributed by atoms with Crippen molar-refractivity contribution in [3.8, 4) is 0 Å². The molecule has 0 bridgehead atoms. The van der Waals surface area contributed by atoms with Gasteiger partial charge >= 0.3 is 0 Å². The molecule has 0 aliphatic carbocycles. The molecule has 2 atom stereocenters. The average Bonchev–Trinajstić information content (AvgIpc) is 2.78. The summed E-state index contributed by atoms with van der Waals surface area (Å²) in [6, 6.07) is 5.12. The Kier molecular flexibility index (Phi) is 6.05. The summed E-state index contributed by atoms with van der Waals surface area (Å²) < 4.78 is 22.8. The lowest BCUT2D eigenvalue weighted by molar-refractivity contribution is -0.120. The molecule has 2 rings (SSSR count). The maximum Gasteiger partial charge on any atom is 0.233 e. The second kappa shape index (κ2) is 7.43. The van der Waals surface area contributed by atoms with Gasteiger partial charge in [0.25, 0.3) is 0 Å². The average molecular weight is 382 g/mol. The van der Waals surface area contributed by atoms with Gasteiger partial charge in [-0.2, -0.15) is 0 Å². The van der Waals surface area contributed by atoms with Gasteiger partial charge in [-0.15, -0.1) is 11.8 Å². The molecule has 1 N–H and O–H groups in total. The summed E-state index contributed by atoms with van der Waals surface area (Å²) >= 11 is 13.3. The number of carbonyl (C=O) groups excluding carboxylic acids is 1. The Labute approximate surface area is 144 Å². The fourth-order valence-electron chi connectivity index (χ4n) is 2.15. The zero-order valence-corrected chi connectivity index (χ0v) is 15.2. The highest BCUT2D eigenvalue weighted by atomic mass is 35.5.